The summed E-state index contributed by atoms with van der Waals surface area (Å²) in [5.74, 6) is 0. The standard InChI is InChI=1S/C33H37NO5S2Si/c1-33(2,3)42(27-17-9-5-10-18-27,28-19-11-6-12-20-28)38-24-25-23-29(41(36,37)26-15-7-4-8-16-26)31(35)32(39-25)40-30-21-13-14-22-34-30/h4-22,25,29,31-32,35H,23-24H2,1-3H3/t25-,29-,31+,32-/m0/s1. The second kappa shape index (κ2) is 12.8. The predicted molar refractivity (Wildman–Crippen MR) is 170 cm³/mol. The Morgan fingerprint density at radius 1 is 0.881 bits per heavy atom. The average molecular weight is 620 g/mol. The fraction of sp³-hybridized carbons (Fsp3) is 0.303. The zero-order valence-electron chi connectivity index (χ0n) is 24.0. The Kier molecular flexibility index (Phi) is 9.37. The normalized spacial score (nSPS) is 21.6. The maximum absolute atomic E-state index is 13.9. The van der Waals surface area contributed by atoms with Gasteiger partial charge < -0.3 is 14.3 Å². The molecule has 1 saturated heterocycles. The van der Waals surface area contributed by atoms with Crippen molar-refractivity contribution in [2.24, 2.45) is 0 Å². The van der Waals surface area contributed by atoms with Crippen LogP contribution in [0.5, 0.6) is 0 Å². The van der Waals surface area contributed by atoms with Crippen LogP contribution in [0.4, 0.5) is 0 Å². The third kappa shape index (κ3) is 6.27. The second-order valence-electron chi connectivity index (χ2n) is 11.5. The summed E-state index contributed by atoms with van der Waals surface area (Å²) >= 11 is 1.23. The highest BCUT2D eigenvalue weighted by atomic mass is 32.2. The summed E-state index contributed by atoms with van der Waals surface area (Å²) < 4.78 is 41.3. The molecular formula is C33H37NO5S2Si. The minimum Gasteiger partial charge on any atom is -0.405 e. The van der Waals surface area contributed by atoms with Gasteiger partial charge in [0.05, 0.1) is 27.9 Å². The first-order chi connectivity index (χ1) is 20.1. The summed E-state index contributed by atoms with van der Waals surface area (Å²) in [6.45, 7) is 6.79. The van der Waals surface area contributed by atoms with Crippen LogP contribution in [0.1, 0.15) is 27.2 Å². The van der Waals surface area contributed by atoms with E-state index in [1.165, 1.54) is 11.8 Å². The molecule has 6 nitrogen and oxygen atoms in total. The smallest absolute Gasteiger partial charge is 0.261 e. The van der Waals surface area contributed by atoms with Crippen molar-refractivity contribution in [1.82, 2.24) is 4.98 Å². The van der Waals surface area contributed by atoms with Gasteiger partial charge in [-0.2, -0.15) is 0 Å². The molecule has 5 rings (SSSR count). The molecule has 1 N–H and O–H groups in total. The van der Waals surface area contributed by atoms with E-state index >= 15 is 0 Å². The zero-order valence-corrected chi connectivity index (χ0v) is 26.7. The summed E-state index contributed by atoms with van der Waals surface area (Å²) in [6.07, 6.45) is -0.0547. The van der Waals surface area contributed by atoms with Crippen LogP contribution in [-0.4, -0.2) is 56.3 Å². The lowest BCUT2D eigenvalue weighted by Crippen LogP contribution is -2.67. The van der Waals surface area contributed by atoms with Crippen molar-refractivity contribution in [2.45, 2.75) is 65.0 Å². The number of aromatic nitrogens is 1. The van der Waals surface area contributed by atoms with Crippen molar-refractivity contribution in [2.75, 3.05) is 6.61 Å². The number of aliphatic hydroxyl groups is 1. The van der Waals surface area contributed by atoms with Crippen molar-refractivity contribution >= 4 is 40.3 Å². The van der Waals surface area contributed by atoms with E-state index in [1.54, 1.807) is 36.5 Å². The maximum Gasteiger partial charge on any atom is 0.261 e. The van der Waals surface area contributed by atoms with E-state index in [9.17, 15) is 13.5 Å². The molecule has 2 heterocycles. The Morgan fingerprint density at radius 2 is 1.43 bits per heavy atom. The molecule has 220 valence electrons. The number of aliphatic hydroxyl groups excluding tert-OH is 1. The van der Waals surface area contributed by atoms with Crippen LogP contribution in [0.3, 0.4) is 0 Å². The zero-order chi connectivity index (χ0) is 29.8. The van der Waals surface area contributed by atoms with Crippen LogP contribution in [0.2, 0.25) is 5.04 Å². The van der Waals surface area contributed by atoms with E-state index in [0.717, 1.165) is 10.4 Å². The molecule has 0 unspecified atom stereocenters. The molecule has 1 aliphatic rings. The fourth-order valence-electron chi connectivity index (χ4n) is 5.71. The summed E-state index contributed by atoms with van der Waals surface area (Å²) in [6, 6.07) is 34.4. The molecule has 0 radical (unpaired) electrons. The molecule has 0 saturated carbocycles. The van der Waals surface area contributed by atoms with E-state index in [4.69, 9.17) is 9.16 Å². The fourth-order valence-corrected chi connectivity index (χ4v) is 13.3. The van der Waals surface area contributed by atoms with Gasteiger partial charge >= 0.3 is 0 Å². The van der Waals surface area contributed by atoms with Gasteiger partial charge in [-0.3, -0.25) is 0 Å². The molecule has 0 spiro atoms. The number of benzene rings is 3. The van der Waals surface area contributed by atoms with E-state index in [-0.39, 0.29) is 23.0 Å². The van der Waals surface area contributed by atoms with Gasteiger partial charge in [0.25, 0.3) is 8.32 Å². The molecule has 1 fully saturated rings. The van der Waals surface area contributed by atoms with E-state index in [2.05, 4.69) is 50.0 Å². The Hall–Kier alpha value is -2.79. The van der Waals surface area contributed by atoms with Gasteiger partial charge in [-0.1, -0.05) is 117 Å². The van der Waals surface area contributed by atoms with Gasteiger partial charge in [0.15, 0.2) is 9.84 Å². The quantitative estimate of drug-likeness (QED) is 0.262. The summed E-state index contributed by atoms with van der Waals surface area (Å²) in [5.41, 5.74) is -0.843. The lowest BCUT2D eigenvalue weighted by molar-refractivity contribution is -0.0860. The molecule has 0 amide bonds. The number of thioether (sulfide) groups is 1. The molecule has 1 aromatic heterocycles. The van der Waals surface area contributed by atoms with Gasteiger partial charge in [-0.25, -0.2) is 13.4 Å². The lowest BCUT2D eigenvalue weighted by Gasteiger charge is -2.45. The van der Waals surface area contributed by atoms with Crippen molar-refractivity contribution in [1.29, 1.82) is 0 Å². The second-order valence-corrected chi connectivity index (χ2v) is 19.1. The first-order valence-corrected chi connectivity index (χ1v) is 18.4. The Morgan fingerprint density at radius 3 is 1.95 bits per heavy atom. The minimum atomic E-state index is -3.86. The van der Waals surface area contributed by atoms with E-state index in [0.29, 0.717) is 5.03 Å². The first-order valence-electron chi connectivity index (χ1n) is 14.1. The van der Waals surface area contributed by atoms with Gasteiger partial charge in [-0.05, 0) is 46.1 Å². The van der Waals surface area contributed by atoms with Gasteiger partial charge in [0.2, 0.25) is 0 Å². The molecule has 4 atom stereocenters. The third-order valence-electron chi connectivity index (χ3n) is 7.73. The average Bonchev–Trinajstić information content (AvgIpc) is 3.00. The highest BCUT2D eigenvalue weighted by molar-refractivity contribution is 7.99. The highest BCUT2D eigenvalue weighted by Gasteiger charge is 2.52. The molecule has 9 heteroatoms. The molecular weight excluding hydrogens is 583 g/mol. The van der Waals surface area contributed by atoms with Gasteiger partial charge in [-0.15, -0.1) is 0 Å². The molecule has 42 heavy (non-hydrogen) atoms. The summed E-state index contributed by atoms with van der Waals surface area (Å²) in [5, 5.41) is 13.0. The van der Waals surface area contributed by atoms with Crippen molar-refractivity contribution in [3.63, 3.8) is 0 Å². The molecule has 0 aliphatic carbocycles. The Bertz CT molecular complexity index is 1500. The third-order valence-corrected chi connectivity index (χ3v) is 16.0. The summed E-state index contributed by atoms with van der Waals surface area (Å²) in [7, 11) is -6.75. The van der Waals surface area contributed by atoms with Crippen molar-refractivity contribution < 1.29 is 22.7 Å². The predicted octanol–water partition coefficient (Wildman–Crippen LogP) is 5.07. The van der Waals surface area contributed by atoms with Crippen LogP contribution in [-0.2, 0) is 19.0 Å². The maximum atomic E-state index is 13.9. The topological polar surface area (TPSA) is 85.7 Å². The van der Waals surface area contributed by atoms with Crippen LogP contribution in [0.25, 0.3) is 0 Å². The molecule has 1 aliphatic heterocycles. The number of nitrogens with zero attached hydrogens (tertiary/aromatic N) is 1. The largest absolute Gasteiger partial charge is 0.405 e. The number of rotatable bonds is 9. The molecule has 3 aromatic carbocycles. The highest BCUT2D eigenvalue weighted by Crippen LogP contribution is 2.40. The number of hydrogen-bond acceptors (Lipinski definition) is 7. The summed E-state index contributed by atoms with van der Waals surface area (Å²) in [4.78, 5) is 4.56. The SMILES string of the molecule is CC(C)(C)[Si](OC[C@@H]1C[C@H](S(=O)(=O)c2ccccc2)[C@@H](O)[C@H](Sc2ccccn2)O1)(c1ccccc1)c1ccccc1. The van der Waals surface area contributed by atoms with Crippen LogP contribution in [0.15, 0.2) is 125 Å². The van der Waals surface area contributed by atoms with Crippen LogP contribution >= 0.6 is 11.8 Å². The van der Waals surface area contributed by atoms with E-state index < -0.39 is 41.0 Å². The van der Waals surface area contributed by atoms with Crippen molar-refractivity contribution in [3.8, 4) is 0 Å². The number of hydrogen-bond donors (Lipinski definition) is 1. The first kappa shape index (κ1) is 30.7. The Balaban J connectivity index is 1.51. The van der Waals surface area contributed by atoms with Crippen molar-refractivity contribution in [3.05, 3.63) is 115 Å². The van der Waals surface area contributed by atoms with Crippen LogP contribution < -0.4 is 10.4 Å². The number of ether oxygens (including phenoxy) is 1. The molecule has 0 bridgehead atoms. The monoisotopic (exact) mass is 619 g/mol. The van der Waals surface area contributed by atoms with Gasteiger partial charge in [0, 0.05) is 6.20 Å². The molecule has 4 aromatic rings. The number of pyridine rings is 1. The Labute approximate surface area is 254 Å². The number of sulfone groups is 1. The lowest BCUT2D eigenvalue weighted by atomic mass is 10.1. The van der Waals surface area contributed by atoms with Gasteiger partial charge in [0.1, 0.15) is 11.5 Å². The van der Waals surface area contributed by atoms with Crippen LogP contribution in [0, 0.1) is 0 Å². The minimum absolute atomic E-state index is 0.107. The van der Waals surface area contributed by atoms with E-state index in [1.807, 2.05) is 54.6 Å².